The van der Waals surface area contributed by atoms with E-state index in [1.54, 1.807) is 17.8 Å². The number of carbonyl (C=O) groups is 2. The fourth-order valence-corrected chi connectivity index (χ4v) is 1.89. The molecule has 20 heavy (non-hydrogen) atoms. The van der Waals surface area contributed by atoms with Gasteiger partial charge >= 0.3 is 0 Å². The van der Waals surface area contributed by atoms with Crippen molar-refractivity contribution in [2.45, 2.75) is 13.1 Å². The molecule has 2 heterocycles. The molecule has 0 unspecified atom stereocenters. The average Bonchev–Trinajstić information content (AvgIpc) is 3.07. The first-order chi connectivity index (χ1) is 9.67. The van der Waals surface area contributed by atoms with Gasteiger partial charge in [0.15, 0.2) is 5.13 Å². The van der Waals surface area contributed by atoms with Crippen LogP contribution in [0.1, 0.15) is 5.69 Å². The number of carbonyl (C=O) groups excluding carboxylic acids is 2. The Morgan fingerprint density at radius 1 is 1.40 bits per heavy atom. The number of nitrogens with zero attached hydrogens (tertiary/aromatic N) is 4. The maximum absolute atomic E-state index is 11.7. The van der Waals surface area contributed by atoms with Crippen LogP contribution >= 0.6 is 11.3 Å². The Kier molecular flexibility index (Phi) is 4.74. The monoisotopic (exact) mass is 295 g/mol. The molecule has 0 bridgehead atoms. The second-order valence-corrected chi connectivity index (χ2v) is 4.67. The Morgan fingerprint density at radius 2 is 2.25 bits per heavy atom. The van der Waals surface area contributed by atoms with Crippen LogP contribution in [0.4, 0.5) is 5.13 Å². The van der Waals surface area contributed by atoms with Gasteiger partial charge in [0.1, 0.15) is 12.2 Å². The molecule has 0 radical (unpaired) electrons. The number of anilines is 1. The van der Waals surface area contributed by atoms with Crippen LogP contribution in [0.15, 0.2) is 17.8 Å². The summed E-state index contributed by atoms with van der Waals surface area (Å²) in [6.07, 6.45) is 3.19. The van der Waals surface area contributed by atoms with Crippen molar-refractivity contribution in [1.29, 1.82) is 0 Å². The maximum atomic E-state index is 11.7. The predicted molar refractivity (Wildman–Crippen MR) is 71.7 cm³/mol. The molecule has 0 aliphatic rings. The van der Waals surface area contributed by atoms with E-state index in [-0.39, 0.29) is 31.4 Å². The number of hydrogen-bond donors (Lipinski definition) is 3. The van der Waals surface area contributed by atoms with Gasteiger partial charge in [0, 0.05) is 11.6 Å². The molecular weight excluding hydrogens is 282 g/mol. The fourth-order valence-electron chi connectivity index (χ4n) is 1.35. The summed E-state index contributed by atoms with van der Waals surface area (Å²) < 4.78 is 1.38. The smallest absolute Gasteiger partial charge is 0.247 e. The Balaban J connectivity index is 1.83. The highest BCUT2D eigenvalue weighted by atomic mass is 32.1. The van der Waals surface area contributed by atoms with Gasteiger partial charge in [0.2, 0.25) is 11.8 Å². The van der Waals surface area contributed by atoms with E-state index in [0.717, 1.165) is 0 Å². The zero-order valence-corrected chi connectivity index (χ0v) is 11.3. The molecule has 0 fully saturated rings. The quantitative estimate of drug-likeness (QED) is 0.624. The van der Waals surface area contributed by atoms with Crippen LogP contribution in [0.5, 0.6) is 0 Å². The summed E-state index contributed by atoms with van der Waals surface area (Å²) >= 11 is 1.33. The van der Waals surface area contributed by atoms with Crippen molar-refractivity contribution in [2.75, 3.05) is 11.9 Å². The molecule has 0 saturated carbocycles. The maximum Gasteiger partial charge on any atom is 0.247 e. The zero-order valence-electron chi connectivity index (χ0n) is 10.4. The molecule has 106 valence electrons. The second kappa shape index (κ2) is 6.73. The lowest BCUT2D eigenvalue weighted by molar-refractivity contribution is -0.120. The summed E-state index contributed by atoms with van der Waals surface area (Å²) in [5.74, 6) is -0.525. The number of thiazole rings is 1. The van der Waals surface area contributed by atoms with Crippen molar-refractivity contribution in [3.63, 3.8) is 0 Å². The summed E-state index contributed by atoms with van der Waals surface area (Å²) in [6, 6.07) is 0. The Morgan fingerprint density at radius 3 is 2.95 bits per heavy atom. The van der Waals surface area contributed by atoms with Gasteiger partial charge in [-0.25, -0.2) is 9.67 Å². The number of nitrogens with one attached hydrogen (secondary N) is 2. The van der Waals surface area contributed by atoms with Crippen LogP contribution < -0.4 is 16.4 Å². The van der Waals surface area contributed by atoms with Gasteiger partial charge in [0.25, 0.3) is 0 Å². The topological polar surface area (TPSA) is 128 Å². The number of hydrogen-bond acceptors (Lipinski definition) is 7. The third kappa shape index (κ3) is 4.10. The van der Waals surface area contributed by atoms with E-state index in [1.807, 2.05) is 0 Å². The normalized spacial score (nSPS) is 10.2. The summed E-state index contributed by atoms with van der Waals surface area (Å²) in [6.45, 7) is 0.173. The number of nitrogens with two attached hydrogens (primary N) is 1. The molecule has 0 spiro atoms. The first kappa shape index (κ1) is 14.1. The molecule has 2 amide bonds. The molecule has 10 heteroatoms. The minimum absolute atomic E-state index is 0.0252. The number of aromatic nitrogens is 4. The van der Waals surface area contributed by atoms with Crippen molar-refractivity contribution in [3.05, 3.63) is 23.5 Å². The van der Waals surface area contributed by atoms with Crippen LogP contribution in [-0.2, 0) is 22.7 Å². The van der Waals surface area contributed by atoms with E-state index in [1.165, 1.54) is 16.0 Å². The van der Waals surface area contributed by atoms with Crippen molar-refractivity contribution in [2.24, 2.45) is 5.73 Å². The molecule has 2 aromatic rings. The molecule has 0 aliphatic carbocycles. The van der Waals surface area contributed by atoms with Gasteiger partial charge in [-0.3, -0.25) is 9.59 Å². The fraction of sp³-hybridized carbons (Fsp3) is 0.300. The predicted octanol–water partition coefficient (Wildman–Crippen LogP) is -1.05. The molecule has 0 aromatic carbocycles. The average molecular weight is 295 g/mol. The molecule has 2 rings (SSSR count). The first-order valence-electron chi connectivity index (χ1n) is 5.72. The van der Waals surface area contributed by atoms with Crippen LogP contribution in [0.25, 0.3) is 0 Å². The van der Waals surface area contributed by atoms with Crippen LogP contribution in [-0.4, -0.2) is 38.3 Å². The van der Waals surface area contributed by atoms with E-state index < -0.39 is 0 Å². The first-order valence-corrected chi connectivity index (χ1v) is 6.60. The minimum Gasteiger partial charge on any atom is -0.349 e. The second-order valence-electron chi connectivity index (χ2n) is 3.77. The highest BCUT2D eigenvalue weighted by molar-refractivity contribution is 7.13. The van der Waals surface area contributed by atoms with Crippen molar-refractivity contribution >= 4 is 28.3 Å². The van der Waals surface area contributed by atoms with Crippen LogP contribution in [0.3, 0.4) is 0 Å². The molecule has 2 aromatic heterocycles. The summed E-state index contributed by atoms with van der Waals surface area (Å²) in [5.41, 5.74) is 5.71. The van der Waals surface area contributed by atoms with Gasteiger partial charge in [0.05, 0.1) is 19.3 Å². The van der Waals surface area contributed by atoms with E-state index in [4.69, 9.17) is 5.73 Å². The van der Waals surface area contributed by atoms with Gasteiger partial charge in [-0.15, -0.1) is 16.4 Å². The summed E-state index contributed by atoms with van der Waals surface area (Å²) in [4.78, 5) is 26.6. The summed E-state index contributed by atoms with van der Waals surface area (Å²) in [5, 5.41) is 15.1. The molecule has 0 aliphatic heterocycles. The lowest BCUT2D eigenvalue weighted by Gasteiger charge is -2.00. The van der Waals surface area contributed by atoms with Crippen LogP contribution in [0.2, 0.25) is 0 Å². The third-order valence-electron chi connectivity index (χ3n) is 2.22. The van der Waals surface area contributed by atoms with E-state index in [9.17, 15) is 9.59 Å². The number of amides is 2. The molecule has 9 nitrogen and oxygen atoms in total. The molecule has 4 N–H and O–H groups in total. The lowest BCUT2D eigenvalue weighted by Crippen LogP contribution is -2.29. The molecule has 0 atom stereocenters. The van der Waals surface area contributed by atoms with Gasteiger partial charge in [-0.05, 0) is 0 Å². The SMILES string of the molecule is NCC(=O)NCc1cn(CC(=O)Nc2nccs2)nn1. The Labute approximate surface area is 118 Å². The van der Waals surface area contributed by atoms with Gasteiger partial charge in [-0.2, -0.15) is 0 Å². The van der Waals surface area contributed by atoms with Gasteiger partial charge < -0.3 is 16.4 Å². The Hall–Kier alpha value is -2.33. The molecule has 0 saturated heterocycles. The van der Waals surface area contributed by atoms with Crippen molar-refractivity contribution in [1.82, 2.24) is 25.3 Å². The highest BCUT2D eigenvalue weighted by Gasteiger charge is 2.08. The zero-order chi connectivity index (χ0) is 14.4. The van der Waals surface area contributed by atoms with E-state index >= 15 is 0 Å². The van der Waals surface area contributed by atoms with Crippen LogP contribution in [0, 0.1) is 0 Å². The number of rotatable bonds is 6. The van der Waals surface area contributed by atoms with Crippen molar-refractivity contribution in [3.8, 4) is 0 Å². The highest BCUT2D eigenvalue weighted by Crippen LogP contribution is 2.09. The third-order valence-corrected chi connectivity index (χ3v) is 2.91. The van der Waals surface area contributed by atoms with E-state index in [0.29, 0.717) is 10.8 Å². The largest absolute Gasteiger partial charge is 0.349 e. The Bertz CT molecular complexity index is 580. The molecular formula is C10H13N7O2S. The van der Waals surface area contributed by atoms with E-state index in [2.05, 4.69) is 25.9 Å². The minimum atomic E-state index is -0.277. The van der Waals surface area contributed by atoms with Crippen molar-refractivity contribution < 1.29 is 9.59 Å². The summed E-state index contributed by atoms with van der Waals surface area (Å²) in [7, 11) is 0. The lowest BCUT2D eigenvalue weighted by atomic mass is 10.4. The standard InChI is InChI=1S/C10H13N7O2S/c11-3-8(18)13-4-7-5-17(16-15-7)6-9(19)14-10-12-1-2-20-10/h1-2,5H,3-4,6,11H2,(H,13,18)(H,12,14,19). The van der Waals surface area contributed by atoms with Gasteiger partial charge in [-0.1, -0.05) is 5.21 Å².